The minimum atomic E-state index is -0.511. The van der Waals surface area contributed by atoms with Crippen molar-refractivity contribution in [2.45, 2.75) is 12.5 Å². The molecule has 0 spiro atoms. The highest BCUT2D eigenvalue weighted by Crippen LogP contribution is 2.41. The first-order chi connectivity index (χ1) is 12.7. The summed E-state index contributed by atoms with van der Waals surface area (Å²) in [5.41, 5.74) is 1.15. The van der Waals surface area contributed by atoms with Crippen LogP contribution < -0.4 is 4.74 Å². The summed E-state index contributed by atoms with van der Waals surface area (Å²) in [4.78, 5) is 12.9. The zero-order chi connectivity index (χ0) is 18.1. The number of carbonyl (C=O) groups excluding carboxylic acids is 1. The minimum Gasteiger partial charge on any atom is -0.504 e. The Bertz CT molecular complexity index is 944. The van der Waals surface area contributed by atoms with Crippen LogP contribution in [-0.2, 0) is 0 Å². The highest BCUT2D eigenvalue weighted by molar-refractivity contribution is 6.02. The van der Waals surface area contributed by atoms with Crippen LogP contribution in [0, 0.1) is 0 Å². The fraction of sp³-hybridized carbons (Fsp3) is 0.158. The van der Waals surface area contributed by atoms with Crippen LogP contribution in [0.1, 0.15) is 34.3 Å². The number of rotatable bonds is 4. The third kappa shape index (κ3) is 2.63. The van der Waals surface area contributed by atoms with Gasteiger partial charge in [0.15, 0.2) is 17.3 Å². The number of para-hydroxylation sites is 1. The number of phenols is 1. The van der Waals surface area contributed by atoms with Gasteiger partial charge in [0.2, 0.25) is 0 Å². The molecule has 0 unspecified atom stereocenters. The number of furan rings is 2. The Morgan fingerprint density at radius 3 is 2.69 bits per heavy atom. The van der Waals surface area contributed by atoms with Gasteiger partial charge in [-0.25, -0.2) is 5.01 Å². The van der Waals surface area contributed by atoms with Crippen LogP contribution in [-0.4, -0.2) is 28.8 Å². The molecule has 7 heteroatoms. The van der Waals surface area contributed by atoms with Gasteiger partial charge < -0.3 is 18.7 Å². The molecule has 2 aromatic heterocycles. The lowest BCUT2D eigenvalue weighted by molar-refractivity contribution is 0.0676. The van der Waals surface area contributed by atoms with Crippen molar-refractivity contribution in [3.8, 4) is 11.5 Å². The Balaban J connectivity index is 1.76. The quantitative estimate of drug-likeness (QED) is 0.775. The standard InChI is InChI=1S/C19H16N2O5/c1-24-16-6-2-5-12(18(16)22)14-11-13(15-7-3-9-25-15)20-21(14)19(23)17-8-4-10-26-17/h2-10,14,22H,11H2,1H3/t14-/m0/s1. The molecule has 3 aromatic rings. The Labute approximate surface area is 149 Å². The number of methoxy groups -OCH3 is 1. The number of benzene rings is 1. The second kappa shape index (κ2) is 6.44. The number of hydrogen-bond donors (Lipinski definition) is 1. The van der Waals surface area contributed by atoms with Gasteiger partial charge in [0, 0.05) is 12.0 Å². The van der Waals surface area contributed by atoms with Crippen molar-refractivity contribution in [2.75, 3.05) is 7.11 Å². The number of nitrogens with zero attached hydrogens (tertiary/aromatic N) is 2. The van der Waals surface area contributed by atoms with Crippen LogP contribution >= 0.6 is 0 Å². The number of aromatic hydroxyl groups is 1. The van der Waals surface area contributed by atoms with Gasteiger partial charge >= 0.3 is 5.91 Å². The van der Waals surface area contributed by atoms with E-state index in [1.807, 2.05) is 0 Å². The lowest BCUT2D eigenvalue weighted by Gasteiger charge is -2.22. The van der Waals surface area contributed by atoms with Crippen molar-refractivity contribution < 1.29 is 23.5 Å². The van der Waals surface area contributed by atoms with Crippen molar-refractivity contribution in [1.82, 2.24) is 5.01 Å². The van der Waals surface area contributed by atoms with Crippen LogP contribution in [0.5, 0.6) is 11.5 Å². The van der Waals surface area contributed by atoms with E-state index in [4.69, 9.17) is 13.6 Å². The first-order valence-electron chi connectivity index (χ1n) is 8.03. The lowest BCUT2D eigenvalue weighted by atomic mass is 9.99. The average Bonchev–Trinajstić information content (AvgIpc) is 3.42. The van der Waals surface area contributed by atoms with Crippen LogP contribution in [0.4, 0.5) is 0 Å². The summed E-state index contributed by atoms with van der Waals surface area (Å²) < 4.78 is 15.8. The molecule has 7 nitrogen and oxygen atoms in total. The van der Waals surface area contributed by atoms with Crippen LogP contribution in [0.2, 0.25) is 0 Å². The van der Waals surface area contributed by atoms with Gasteiger partial charge in [-0.3, -0.25) is 4.79 Å². The summed E-state index contributed by atoms with van der Waals surface area (Å²) in [7, 11) is 1.48. The molecule has 1 atom stereocenters. The number of carbonyl (C=O) groups is 1. The van der Waals surface area contributed by atoms with Crippen LogP contribution in [0.15, 0.2) is 68.9 Å². The monoisotopic (exact) mass is 352 g/mol. The summed E-state index contributed by atoms with van der Waals surface area (Å²) in [6, 6.07) is 11.4. The molecule has 0 bridgehead atoms. The highest BCUT2D eigenvalue weighted by Gasteiger charge is 2.37. The summed E-state index contributed by atoms with van der Waals surface area (Å²) in [5, 5.41) is 16.3. The predicted molar refractivity (Wildman–Crippen MR) is 92.1 cm³/mol. The normalized spacial score (nSPS) is 16.6. The highest BCUT2D eigenvalue weighted by atomic mass is 16.5. The van der Waals surface area contributed by atoms with Crippen LogP contribution in [0.25, 0.3) is 0 Å². The van der Waals surface area contributed by atoms with E-state index in [2.05, 4.69) is 5.10 Å². The second-order valence-corrected chi connectivity index (χ2v) is 5.77. The maximum atomic E-state index is 12.9. The molecule has 0 saturated heterocycles. The molecule has 0 radical (unpaired) electrons. The summed E-state index contributed by atoms with van der Waals surface area (Å²) in [6.07, 6.45) is 3.37. The molecule has 1 aliphatic heterocycles. The van der Waals surface area contributed by atoms with Crippen molar-refractivity contribution in [3.63, 3.8) is 0 Å². The summed E-state index contributed by atoms with van der Waals surface area (Å²) in [5.74, 6) is 0.658. The minimum absolute atomic E-state index is 0.0202. The van der Waals surface area contributed by atoms with Gasteiger partial charge in [-0.05, 0) is 30.3 Å². The first kappa shape index (κ1) is 16.0. The zero-order valence-electron chi connectivity index (χ0n) is 14.0. The Morgan fingerprint density at radius 2 is 2.00 bits per heavy atom. The van der Waals surface area contributed by atoms with Crippen molar-refractivity contribution in [1.29, 1.82) is 0 Å². The Hall–Kier alpha value is -3.48. The third-order valence-electron chi connectivity index (χ3n) is 4.27. The molecule has 26 heavy (non-hydrogen) atoms. The topological polar surface area (TPSA) is 88.4 Å². The maximum Gasteiger partial charge on any atom is 0.310 e. The number of hydrazone groups is 1. The number of phenolic OH excluding ortho intramolecular Hbond substituents is 1. The van der Waals surface area contributed by atoms with Crippen molar-refractivity contribution >= 4 is 11.6 Å². The fourth-order valence-corrected chi connectivity index (χ4v) is 3.02. The van der Waals surface area contributed by atoms with Crippen LogP contribution in [0.3, 0.4) is 0 Å². The van der Waals surface area contributed by atoms with Gasteiger partial charge in [0.05, 0.1) is 25.7 Å². The van der Waals surface area contributed by atoms with Gasteiger partial charge in [-0.15, -0.1) is 0 Å². The molecule has 1 aliphatic rings. The summed E-state index contributed by atoms with van der Waals surface area (Å²) in [6.45, 7) is 0. The Kier molecular flexibility index (Phi) is 3.96. The first-order valence-corrected chi connectivity index (χ1v) is 8.03. The van der Waals surface area contributed by atoms with E-state index in [-0.39, 0.29) is 11.5 Å². The molecular formula is C19H16N2O5. The smallest absolute Gasteiger partial charge is 0.310 e. The van der Waals surface area contributed by atoms with E-state index in [1.165, 1.54) is 18.4 Å². The molecule has 0 saturated carbocycles. The van der Waals surface area contributed by atoms with Crippen molar-refractivity contribution in [3.05, 3.63) is 72.1 Å². The molecule has 1 aromatic carbocycles. The number of hydrogen-bond acceptors (Lipinski definition) is 6. The zero-order valence-corrected chi connectivity index (χ0v) is 14.0. The number of amides is 1. The van der Waals surface area contributed by atoms with E-state index >= 15 is 0 Å². The van der Waals surface area contributed by atoms with Gasteiger partial charge in [0.1, 0.15) is 11.5 Å². The predicted octanol–water partition coefficient (Wildman–Crippen LogP) is 3.58. The SMILES string of the molecule is COc1cccc([C@@H]2CC(c3ccco3)=NN2C(=O)c2ccco2)c1O. The van der Waals surface area contributed by atoms with E-state index in [1.54, 1.807) is 48.7 Å². The van der Waals surface area contributed by atoms with Gasteiger partial charge in [-0.2, -0.15) is 5.10 Å². The van der Waals surface area contributed by atoms with E-state index in [0.29, 0.717) is 29.2 Å². The summed E-state index contributed by atoms with van der Waals surface area (Å²) >= 11 is 0. The Morgan fingerprint density at radius 1 is 1.19 bits per heavy atom. The molecule has 0 fully saturated rings. The molecule has 4 rings (SSSR count). The largest absolute Gasteiger partial charge is 0.504 e. The molecule has 1 N–H and O–H groups in total. The number of ether oxygens (including phenoxy) is 1. The van der Waals surface area contributed by atoms with Gasteiger partial charge in [0.25, 0.3) is 0 Å². The van der Waals surface area contributed by atoms with E-state index < -0.39 is 11.9 Å². The molecule has 3 heterocycles. The maximum absolute atomic E-state index is 12.9. The second-order valence-electron chi connectivity index (χ2n) is 5.77. The molecular weight excluding hydrogens is 336 g/mol. The fourth-order valence-electron chi connectivity index (χ4n) is 3.02. The molecule has 0 aliphatic carbocycles. The van der Waals surface area contributed by atoms with E-state index in [0.717, 1.165) is 0 Å². The third-order valence-corrected chi connectivity index (χ3v) is 4.27. The molecule has 1 amide bonds. The average molecular weight is 352 g/mol. The lowest BCUT2D eigenvalue weighted by Crippen LogP contribution is -2.26. The van der Waals surface area contributed by atoms with Crippen molar-refractivity contribution in [2.24, 2.45) is 5.10 Å². The van der Waals surface area contributed by atoms with Gasteiger partial charge in [-0.1, -0.05) is 12.1 Å². The molecule has 132 valence electrons. The van der Waals surface area contributed by atoms with E-state index in [9.17, 15) is 9.90 Å².